The van der Waals surface area contributed by atoms with Gasteiger partial charge in [0, 0.05) is 6.54 Å². The van der Waals surface area contributed by atoms with E-state index in [1.165, 1.54) is 11.1 Å². The van der Waals surface area contributed by atoms with Crippen molar-refractivity contribution in [2.24, 2.45) is 5.73 Å². The lowest BCUT2D eigenvalue weighted by Gasteiger charge is -2.26. The Morgan fingerprint density at radius 2 is 2.19 bits per heavy atom. The van der Waals surface area contributed by atoms with Crippen molar-refractivity contribution in [3.8, 4) is 0 Å². The number of fused-ring (bicyclic) bond motifs is 1. The highest BCUT2D eigenvalue weighted by atomic mass is 79.9. The number of anilines is 1. The molecule has 0 bridgehead atoms. The molecule has 0 aliphatic carbocycles. The molecule has 1 aliphatic rings. The van der Waals surface area contributed by atoms with Crippen LogP contribution in [0.2, 0.25) is 0 Å². The summed E-state index contributed by atoms with van der Waals surface area (Å²) in [5.74, 6) is 0.297. The van der Waals surface area contributed by atoms with Crippen LogP contribution in [0.5, 0.6) is 0 Å². The van der Waals surface area contributed by atoms with Gasteiger partial charge in [0.25, 0.3) is 5.91 Å². The lowest BCUT2D eigenvalue weighted by atomic mass is 10.0. The van der Waals surface area contributed by atoms with Crippen molar-refractivity contribution in [3.63, 3.8) is 0 Å². The van der Waals surface area contributed by atoms with Gasteiger partial charge in [0.2, 0.25) is 0 Å². The van der Waals surface area contributed by atoms with E-state index in [-0.39, 0.29) is 11.7 Å². The molecule has 1 amide bonds. The summed E-state index contributed by atoms with van der Waals surface area (Å²) in [6.07, 6.45) is 1.95. The average Bonchev–Trinajstić information content (AvgIpc) is 2.85. The maximum atomic E-state index is 11.5. The minimum absolute atomic E-state index is 0.122. The van der Waals surface area contributed by atoms with Crippen LogP contribution in [0.3, 0.4) is 0 Å². The number of nitrogens with two attached hydrogens (primary N) is 1. The van der Waals surface area contributed by atoms with Crippen molar-refractivity contribution in [2.75, 3.05) is 11.9 Å². The Labute approximate surface area is 131 Å². The summed E-state index contributed by atoms with van der Waals surface area (Å²) in [5.41, 5.74) is 8.16. The van der Waals surface area contributed by atoms with Crippen LogP contribution >= 0.6 is 15.9 Å². The van der Waals surface area contributed by atoms with Crippen LogP contribution in [0.1, 0.15) is 41.0 Å². The molecule has 0 fully saturated rings. The van der Waals surface area contributed by atoms with Gasteiger partial charge in [0.15, 0.2) is 5.69 Å². The molecule has 21 heavy (non-hydrogen) atoms. The molecule has 3 rings (SSSR count). The molecule has 0 radical (unpaired) electrons. The molecule has 6 heteroatoms. The molecule has 1 aliphatic heterocycles. The van der Waals surface area contributed by atoms with E-state index in [4.69, 9.17) is 5.73 Å². The largest absolute Gasteiger partial charge is 0.369 e. The summed E-state index contributed by atoms with van der Waals surface area (Å²) >= 11 is 3.41. The number of benzene rings is 1. The fourth-order valence-corrected chi connectivity index (χ4v) is 3.29. The number of hydrogen-bond donors (Lipinski definition) is 2. The minimum atomic E-state index is -0.523. The number of nitrogens with one attached hydrogen (secondary N) is 1. The minimum Gasteiger partial charge on any atom is -0.369 e. The van der Waals surface area contributed by atoms with Crippen LogP contribution < -0.4 is 11.1 Å². The number of amides is 1. The molecule has 2 aromatic rings. The summed E-state index contributed by atoms with van der Waals surface area (Å²) in [4.78, 5) is 11.5. The fraction of sp³-hybridized carbons (Fsp3) is 0.333. The second kappa shape index (κ2) is 5.52. The van der Waals surface area contributed by atoms with Gasteiger partial charge in [-0.25, -0.2) is 4.68 Å². The maximum absolute atomic E-state index is 11.5. The van der Waals surface area contributed by atoms with Gasteiger partial charge in [0.1, 0.15) is 5.82 Å². The molecule has 0 saturated carbocycles. The van der Waals surface area contributed by atoms with Gasteiger partial charge in [-0.3, -0.25) is 4.79 Å². The number of primary amides is 1. The van der Waals surface area contributed by atoms with Crippen molar-refractivity contribution in [1.29, 1.82) is 0 Å². The molecule has 5 nitrogen and oxygen atoms in total. The zero-order valence-corrected chi connectivity index (χ0v) is 13.4. The van der Waals surface area contributed by atoms with Crippen LogP contribution in [0.25, 0.3) is 0 Å². The Morgan fingerprint density at radius 1 is 1.48 bits per heavy atom. The molecule has 2 heterocycles. The molecule has 1 aromatic heterocycles. The van der Waals surface area contributed by atoms with Crippen molar-refractivity contribution in [2.45, 2.75) is 25.8 Å². The quantitative estimate of drug-likeness (QED) is 0.895. The van der Waals surface area contributed by atoms with Gasteiger partial charge in [0.05, 0.1) is 10.5 Å². The van der Waals surface area contributed by atoms with Crippen LogP contribution in [-0.2, 0) is 6.42 Å². The zero-order chi connectivity index (χ0) is 15.0. The van der Waals surface area contributed by atoms with Gasteiger partial charge >= 0.3 is 0 Å². The number of rotatable bonds is 3. The lowest BCUT2D eigenvalue weighted by Crippen LogP contribution is -2.24. The average molecular weight is 349 g/mol. The molecule has 1 unspecified atom stereocenters. The molecule has 1 aromatic carbocycles. The van der Waals surface area contributed by atoms with E-state index in [2.05, 4.69) is 57.5 Å². The van der Waals surface area contributed by atoms with Crippen LogP contribution in [0.4, 0.5) is 5.82 Å². The van der Waals surface area contributed by atoms with Gasteiger partial charge in [-0.1, -0.05) is 31.2 Å². The highest BCUT2D eigenvalue weighted by Gasteiger charge is 2.28. The number of halogens is 1. The third-order valence-corrected chi connectivity index (χ3v) is 4.62. The van der Waals surface area contributed by atoms with E-state index in [1.54, 1.807) is 0 Å². The number of hydrogen-bond acceptors (Lipinski definition) is 3. The maximum Gasteiger partial charge on any atom is 0.270 e. The van der Waals surface area contributed by atoms with E-state index in [0.29, 0.717) is 4.47 Å². The smallest absolute Gasteiger partial charge is 0.270 e. The number of aromatic nitrogens is 2. The van der Waals surface area contributed by atoms with E-state index >= 15 is 0 Å². The predicted octanol–water partition coefficient (Wildman–Crippen LogP) is 2.71. The zero-order valence-electron chi connectivity index (χ0n) is 11.8. The molecule has 0 spiro atoms. The molecular formula is C15H17BrN4O. The van der Waals surface area contributed by atoms with Crippen LogP contribution in [0.15, 0.2) is 28.7 Å². The third kappa shape index (κ3) is 2.44. The van der Waals surface area contributed by atoms with Crippen molar-refractivity contribution in [3.05, 3.63) is 45.6 Å². The van der Waals surface area contributed by atoms with Gasteiger partial charge in [-0.15, -0.1) is 0 Å². The van der Waals surface area contributed by atoms with Crippen molar-refractivity contribution in [1.82, 2.24) is 9.78 Å². The standard InChI is InChI=1S/C15H17BrN4O/c1-2-9-3-5-10(6-4-9)11-7-8-18-15-12(16)13(14(17)21)19-20(11)15/h3-6,11,18H,2,7-8H2,1H3,(H2,17,21). The van der Waals surface area contributed by atoms with Crippen LogP contribution in [-0.4, -0.2) is 22.2 Å². The monoisotopic (exact) mass is 348 g/mol. The topological polar surface area (TPSA) is 72.9 Å². The number of aryl methyl sites for hydroxylation is 1. The molecule has 110 valence electrons. The normalized spacial score (nSPS) is 17.1. The SMILES string of the molecule is CCc1ccc(C2CCNc3c(Br)c(C(N)=O)nn32)cc1. The van der Waals surface area contributed by atoms with E-state index in [9.17, 15) is 4.79 Å². The first kappa shape index (κ1) is 14.1. The van der Waals surface area contributed by atoms with E-state index in [1.807, 2.05) is 4.68 Å². The van der Waals surface area contributed by atoms with E-state index < -0.39 is 5.91 Å². The predicted molar refractivity (Wildman–Crippen MR) is 85.5 cm³/mol. The van der Waals surface area contributed by atoms with Crippen LogP contribution in [0, 0.1) is 0 Å². The van der Waals surface area contributed by atoms with Gasteiger partial charge in [-0.2, -0.15) is 5.10 Å². The highest BCUT2D eigenvalue weighted by Crippen LogP contribution is 2.35. The number of nitrogens with zero attached hydrogens (tertiary/aromatic N) is 2. The van der Waals surface area contributed by atoms with E-state index in [0.717, 1.165) is 25.2 Å². The number of carbonyl (C=O) groups is 1. The summed E-state index contributed by atoms with van der Waals surface area (Å²) in [6.45, 7) is 2.98. The molecule has 1 atom stereocenters. The second-order valence-electron chi connectivity index (χ2n) is 5.15. The summed E-state index contributed by atoms with van der Waals surface area (Å²) in [6, 6.07) is 8.68. The third-order valence-electron chi connectivity index (χ3n) is 3.86. The Kier molecular flexibility index (Phi) is 3.71. The second-order valence-corrected chi connectivity index (χ2v) is 5.94. The Balaban J connectivity index is 2.03. The van der Waals surface area contributed by atoms with Gasteiger partial charge < -0.3 is 11.1 Å². The summed E-state index contributed by atoms with van der Waals surface area (Å²) in [5, 5.41) is 7.66. The van der Waals surface area contributed by atoms with Crippen molar-refractivity contribution < 1.29 is 4.79 Å². The first-order valence-corrected chi connectivity index (χ1v) is 7.81. The highest BCUT2D eigenvalue weighted by molar-refractivity contribution is 9.10. The summed E-state index contributed by atoms with van der Waals surface area (Å²) in [7, 11) is 0. The Bertz CT molecular complexity index is 678. The van der Waals surface area contributed by atoms with Crippen molar-refractivity contribution >= 4 is 27.7 Å². The number of carbonyl (C=O) groups excluding carboxylic acids is 1. The first-order valence-electron chi connectivity index (χ1n) is 7.02. The fourth-order valence-electron chi connectivity index (χ4n) is 2.69. The lowest BCUT2D eigenvalue weighted by molar-refractivity contribution is 0.0994. The molecule has 3 N–H and O–H groups in total. The Morgan fingerprint density at radius 3 is 2.81 bits per heavy atom. The summed E-state index contributed by atoms with van der Waals surface area (Å²) < 4.78 is 2.50. The Hall–Kier alpha value is -1.82. The molecular weight excluding hydrogens is 332 g/mol. The van der Waals surface area contributed by atoms with Gasteiger partial charge in [-0.05, 0) is 39.9 Å². The molecule has 0 saturated heterocycles. The first-order chi connectivity index (χ1) is 10.1.